The van der Waals surface area contributed by atoms with Crippen molar-refractivity contribution >= 4 is 17.2 Å². The summed E-state index contributed by atoms with van der Waals surface area (Å²) in [4.78, 5) is 5.49. The summed E-state index contributed by atoms with van der Waals surface area (Å²) < 4.78 is 2.78. The summed E-state index contributed by atoms with van der Waals surface area (Å²) >= 11 is 1.83. The van der Waals surface area contributed by atoms with Crippen molar-refractivity contribution in [2.24, 2.45) is 0 Å². The Kier molecular flexibility index (Phi) is 3.72. The van der Waals surface area contributed by atoms with Gasteiger partial charge in [-0.3, -0.25) is 9.47 Å². The second-order valence-corrected chi connectivity index (χ2v) is 7.03. The topological polar surface area (TPSA) is 42.7 Å². The Bertz CT molecular complexity index is 767. The van der Waals surface area contributed by atoms with Crippen LogP contribution < -0.4 is 9.80 Å². The van der Waals surface area contributed by atoms with E-state index in [1.54, 1.807) is 12.4 Å². The highest BCUT2D eigenvalue weighted by Crippen LogP contribution is 2.35. The van der Waals surface area contributed by atoms with E-state index in [1.807, 2.05) is 34.3 Å². The zero-order chi connectivity index (χ0) is 15.7. The van der Waals surface area contributed by atoms with Crippen LogP contribution in [0.2, 0.25) is 0 Å². The van der Waals surface area contributed by atoms with E-state index in [9.17, 15) is 0 Å². The van der Waals surface area contributed by atoms with E-state index in [1.165, 1.54) is 4.88 Å². The lowest BCUT2D eigenvalue weighted by Crippen LogP contribution is -2.59. The summed E-state index contributed by atoms with van der Waals surface area (Å²) in [6, 6.07) is 10.9. The van der Waals surface area contributed by atoms with E-state index in [0.29, 0.717) is 6.04 Å². The van der Waals surface area contributed by atoms with Gasteiger partial charge in [0.25, 0.3) is 0 Å². The lowest BCUT2D eigenvalue weighted by Gasteiger charge is -2.42. The highest BCUT2D eigenvalue weighted by Gasteiger charge is 2.41. The van der Waals surface area contributed by atoms with Crippen molar-refractivity contribution in [1.82, 2.24) is 24.6 Å². The molecule has 6 heteroatoms. The van der Waals surface area contributed by atoms with Crippen LogP contribution in [0.4, 0.5) is 5.82 Å². The molecule has 23 heavy (non-hydrogen) atoms. The maximum Gasteiger partial charge on any atom is 0.247 e. The molecule has 0 bridgehead atoms. The molecule has 0 aliphatic carbocycles. The Morgan fingerprint density at radius 3 is 2.91 bits per heavy atom. The van der Waals surface area contributed by atoms with Gasteiger partial charge >= 0.3 is 0 Å². The monoisotopic (exact) mass is 326 g/mol. The van der Waals surface area contributed by atoms with Gasteiger partial charge in [-0.2, -0.15) is 0 Å². The van der Waals surface area contributed by atoms with Gasteiger partial charge in [0.2, 0.25) is 5.82 Å². The summed E-state index contributed by atoms with van der Waals surface area (Å²) in [5.74, 6) is 1.11. The van der Waals surface area contributed by atoms with Crippen LogP contribution >= 0.6 is 11.3 Å². The number of aromatic nitrogens is 3. The zero-order valence-corrected chi connectivity index (χ0v) is 13.9. The zero-order valence-electron chi connectivity index (χ0n) is 13.1. The van der Waals surface area contributed by atoms with Crippen LogP contribution in [0.1, 0.15) is 10.9 Å². The molecular formula is C17H20N5S+. The van der Waals surface area contributed by atoms with Crippen molar-refractivity contribution in [3.05, 3.63) is 59.2 Å². The molecule has 2 atom stereocenters. The Morgan fingerprint density at radius 2 is 2.13 bits per heavy atom. The first-order valence-electron chi connectivity index (χ1n) is 7.83. The lowest BCUT2D eigenvalue weighted by molar-refractivity contribution is 0.200. The first-order valence-corrected chi connectivity index (χ1v) is 8.71. The Morgan fingerprint density at radius 1 is 1.26 bits per heavy atom. The summed E-state index contributed by atoms with van der Waals surface area (Å²) in [6.45, 7) is 3.04. The third kappa shape index (κ3) is 2.59. The quantitative estimate of drug-likeness (QED) is 0.753. The highest BCUT2D eigenvalue weighted by atomic mass is 32.1. The summed E-state index contributed by atoms with van der Waals surface area (Å²) in [5, 5.41) is 10.6. The molecule has 1 fully saturated rings. The van der Waals surface area contributed by atoms with Crippen molar-refractivity contribution in [3.63, 3.8) is 0 Å². The molecule has 4 heterocycles. The molecule has 1 saturated heterocycles. The SMILES string of the molecule is C[N+]1(c2ccn(-c3ccncc3)n2)CCNCC1c1cccs1. The van der Waals surface area contributed by atoms with E-state index in [0.717, 1.165) is 35.6 Å². The van der Waals surface area contributed by atoms with Gasteiger partial charge in [0.15, 0.2) is 0 Å². The molecule has 0 saturated carbocycles. The molecule has 4 rings (SSSR count). The number of likely N-dealkylation sites (N-methyl/N-ethyl adjacent to an activating group) is 1. The van der Waals surface area contributed by atoms with Crippen molar-refractivity contribution in [2.75, 3.05) is 26.7 Å². The second kappa shape index (κ2) is 5.88. The molecule has 1 N–H and O–H groups in total. The second-order valence-electron chi connectivity index (χ2n) is 6.05. The number of hydrogen-bond acceptors (Lipinski definition) is 4. The van der Waals surface area contributed by atoms with Gasteiger partial charge in [-0.15, -0.1) is 16.4 Å². The molecule has 3 aromatic heterocycles. The average molecular weight is 326 g/mol. The minimum Gasteiger partial charge on any atom is -0.306 e. The van der Waals surface area contributed by atoms with E-state index in [2.05, 4.69) is 40.9 Å². The normalized spacial score (nSPS) is 24.7. The van der Waals surface area contributed by atoms with E-state index >= 15 is 0 Å². The molecule has 1 aliphatic rings. The van der Waals surface area contributed by atoms with E-state index < -0.39 is 0 Å². The number of piperazine rings is 1. The molecule has 1 aliphatic heterocycles. The van der Waals surface area contributed by atoms with Crippen LogP contribution in [0.5, 0.6) is 0 Å². The number of nitrogens with zero attached hydrogens (tertiary/aromatic N) is 4. The van der Waals surface area contributed by atoms with Crippen LogP contribution in [-0.2, 0) is 0 Å². The molecule has 0 amide bonds. The average Bonchev–Trinajstić information content (AvgIpc) is 3.28. The van der Waals surface area contributed by atoms with Crippen LogP contribution in [0.15, 0.2) is 54.3 Å². The molecule has 5 nitrogen and oxygen atoms in total. The first kappa shape index (κ1) is 14.6. The van der Waals surface area contributed by atoms with Crippen molar-refractivity contribution in [1.29, 1.82) is 0 Å². The maximum atomic E-state index is 4.87. The fraction of sp³-hybridized carbons (Fsp3) is 0.294. The van der Waals surface area contributed by atoms with Gasteiger partial charge in [0.05, 0.1) is 30.7 Å². The molecule has 3 aromatic rings. The largest absolute Gasteiger partial charge is 0.306 e. The van der Waals surface area contributed by atoms with E-state index in [4.69, 9.17) is 5.10 Å². The smallest absolute Gasteiger partial charge is 0.247 e. The van der Waals surface area contributed by atoms with Crippen molar-refractivity contribution < 1.29 is 0 Å². The Labute approximate surface area is 139 Å². The third-order valence-corrected chi connectivity index (χ3v) is 5.65. The van der Waals surface area contributed by atoms with Gasteiger partial charge in [0.1, 0.15) is 6.04 Å². The molecule has 118 valence electrons. The van der Waals surface area contributed by atoms with E-state index in [-0.39, 0.29) is 0 Å². The minimum atomic E-state index is 0.407. The van der Waals surface area contributed by atoms with Crippen molar-refractivity contribution in [3.8, 4) is 5.69 Å². The van der Waals surface area contributed by atoms with Crippen LogP contribution in [0.25, 0.3) is 5.69 Å². The summed E-state index contributed by atoms with van der Waals surface area (Å²) in [7, 11) is 2.30. The molecule has 0 aromatic carbocycles. The lowest BCUT2D eigenvalue weighted by atomic mass is 10.1. The fourth-order valence-electron chi connectivity index (χ4n) is 3.27. The predicted octanol–water partition coefficient (Wildman–Crippen LogP) is 2.61. The number of rotatable bonds is 3. The third-order valence-electron chi connectivity index (χ3n) is 4.68. The van der Waals surface area contributed by atoms with Gasteiger partial charge in [0, 0.05) is 31.2 Å². The number of hydrogen-bond donors (Lipinski definition) is 1. The minimum absolute atomic E-state index is 0.407. The summed E-state index contributed by atoms with van der Waals surface area (Å²) in [5.41, 5.74) is 1.04. The fourth-order valence-corrected chi connectivity index (χ4v) is 4.22. The number of nitrogens with one attached hydrogen (secondary N) is 1. The number of thiophene rings is 1. The molecular weight excluding hydrogens is 306 g/mol. The molecule has 2 unspecified atom stereocenters. The predicted molar refractivity (Wildman–Crippen MR) is 93.9 cm³/mol. The Hall–Kier alpha value is -2.02. The van der Waals surface area contributed by atoms with Crippen LogP contribution in [0, 0.1) is 0 Å². The molecule has 0 spiro atoms. The van der Waals surface area contributed by atoms with Gasteiger partial charge in [-0.1, -0.05) is 6.07 Å². The summed E-state index contributed by atoms with van der Waals surface area (Å²) in [6.07, 6.45) is 5.64. The Balaban J connectivity index is 1.71. The highest BCUT2D eigenvalue weighted by molar-refractivity contribution is 7.10. The van der Waals surface area contributed by atoms with Gasteiger partial charge in [-0.05, 0) is 23.6 Å². The van der Waals surface area contributed by atoms with Crippen LogP contribution in [0.3, 0.4) is 0 Å². The van der Waals surface area contributed by atoms with Crippen LogP contribution in [-0.4, -0.2) is 41.4 Å². The standard InChI is InChI=1S/C17H20N5S/c1-22(11-9-19-13-15(22)16-3-2-12-23-16)17-6-10-21(20-17)14-4-7-18-8-5-14/h2-8,10,12,15,19H,9,11,13H2,1H3/q+1. The number of pyridine rings is 1. The first-order chi connectivity index (χ1) is 11.3. The van der Waals surface area contributed by atoms with Gasteiger partial charge in [-0.25, -0.2) is 4.68 Å². The number of quaternary nitrogens is 1. The van der Waals surface area contributed by atoms with Crippen molar-refractivity contribution in [2.45, 2.75) is 6.04 Å². The molecule has 0 radical (unpaired) electrons. The van der Waals surface area contributed by atoms with Gasteiger partial charge < -0.3 is 5.32 Å². The maximum absolute atomic E-state index is 4.87.